The molecule has 29 heavy (non-hydrogen) atoms. The van der Waals surface area contributed by atoms with Crippen LogP contribution in [0.15, 0.2) is 18.3 Å². The number of alkyl halides is 3. The van der Waals surface area contributed by atoms with E-state index in [9.17, 15) is 18.4 Å². The lowest BCUT2D eigenvalue weighted by atomic mass is 9.94. The summed E-state index contributed by atoms with van der Waals surface area (Å²) >= 11 is 0. The number of anilines is 1. The third-order valence-electron chi connectivity index (χ3n) is 4.57. The van der Waals surface area contributed by atoms with Crippen molar-refractivity contribution in [2.24, 2.45) is 5.73 Å². The maximum absolute atomic E-state index is 13.2. The molecular formula is C20H21F3N6. The molecule has 0 aliphatic heterocycles. The first-order valence-electron chi connectivity index (χ1n) is 8.94. The Labute approximate surface area is 166 Å². The second-order valence-corrected chi connectivity index (χ2v) is 6.48. The standard InChI is InChI=1S/C20H21F3N6/c1-2-3-4-5-11-6-13-14(9-25)17(27)12(8-24)7-16(13)29-18(11)15(10-26)19(28)20(21,22)23/h6-7,9-10,25,28H,2-5,26-27H2,1H3/b15-10-,25-9?,28-19?. The van der Waals surface area contributed by atoms with Gasteiger partial charge in [-0.25, -0.2) is 4.98 Å². The fourth-order valence-corrected chi connectivity index (χ4v) is 3.07. The third kappa shape index (κ3) is 4.37. The lowest BCUT2D eigenvalue weighted by Crippen LogP contribution is -2.25. The summed E-state index contributed by atoms with van der Waals surface area (Å²) in [6.45, 7) is 2.00. The normalized spacial score (nSPS) is 12.0. The summed E-state index contributed by atoms with van der Waals surface area (Å²) in [7, 11) is 0. The van der Waals surface area contributed by atoms with Gasteiger partial charge in [-0.15, -0.1) is 0 Å². The molecular weight excluding hydrogens is 381 g/mol. The van der Waals surface area contributed by atoms with Gasteiger partial charge in [0.2, 0.25) is 0 Å². The number of unbranched alkanes of at least 4 members (excludes halogenated alkanes) is 2. The highest BCUT2D eigenvalue weighted by molar-refractivity contribution is 6.25. The van der Waals surface area contributed by atoms with Crippen molar-refractivity contribution in [3.63, 3.8) is 0 Å². The van der Waals surface area contributed by atoms with Crippen molar-refractivity contribution in [3.05, 3.63) is 40.7 Å². The van der Waals surface area contributed by atoms with E-state index in [4.69, 9.17) is 22.3 Å². The molecule has 1 aromatic heterocycles. The number of nitrogens with two attached hydrogens (primary N) is 2. The number of nitriles is 1. The van der Waals surface area contributed by atoms with E-state index in [0.29, 0.717) is 23.8 Å². The Balaban J connectivity index is 2.83. The number of allylic oxidation sites excluding steroid dienone is 1. The van der Waals surface area contributed by atoms with Crippen LogP contribution in [0.2, 0.25) is 0 Å². The molecule has 0 amide bonds. The first kappa shape index (κ1) is 21.9. The molecule has 0 fully saturated rings. The SMILES string of the molecule is CCCCCc1cc2c(C=N)c(N)c(C#N)cc2nc1/C(=C/N)C(=N)C(F)(F)F. The van der Waals surface area contributed by atoms with Gasteiger partial charge in [-0.05, 0) is 30.5 Å². The van der Waals surface area contributed by atoms with E-state index >= 15 is 0 Å². The highest BCUT2D eigenvalue weighted by atomic mass is 19.4. The summed E-state index contributed by atoms with van der Waals surface area (Å²) in [5, 5.41) is 24.9. The van der Waals surface area contributed by atoms with Crippen molar-refractivity contribution in [2.75, 3.05) is 5.73 Å². The van der Waals surface area contributed by atoms with Crippen molar-refractivity contribution in [2.45, 2.75) is 38.8 Å². The van der Waals surface area contributed by atoms with Gasteiger partial charge in [-0.1, -0.05) is 19.8 Å². The lowest BCUT2D eigenvalue weighted by molar-refractivity contribution is -0.0578. The molecule has 2 rings (SSSR count). The molecule has 0 saturated heterocycles. The summed E-state index contributed by atoms with van der Waals surface area (Å²) in [4.78, 5) is 4.32. The zero-order chi connectivity index (χ0) is 21.8. The molecule has 0 atom stereocenters. The maximum atomic E-state index is 13.2. The minimum atomic E-state index is -4.89. The van der Waals surface area contributed by atoms with Crippen molar-refractivity contribution in [1.29, 1.82) is 16.1 Å². The number of hydrogen-bond acceptors (Lipinski definition) is 6. The Morgan fingerprint density at radius 3 is 2.52 bits per heavy atom. The number of nitrogens with zero attached hydrogens (tertiary/aromatic N) is 2. The summed E-state index contributed by atoms with van der Waals surface area (Å²) in [5.41, 5.74) is 10.4. The van der Waals surface area contributed by atoms with Crippen LogP contribution in [-0.4, -0.2) is 23.1 Å². The topological polar surface area (TPSA) is 136 Å². The van der Waals surface area contributed by atoms with E-state index in [1.165, 1.54) is 6.07 Å². The predicted molar refractivity (Wildman–Crippen MR) is 108 cm³/mol. The van der Waals surface area contributed by atoms with Crippen LogP contribution >= 0.6 is 0 Å². The van der Waals surface area contributed by atoms with Gasteiger partial charge in [0.05, 0.1) is 22.5 Å². The monoisotopic (exact) mass is 402 g/mol. The summed E-state index contributed by atoms with van der Waals surface area (Å²) < 4.78 is 39.5. The first-order valence-corrected chi connectivity index (χ1v) is 8.94. The second kappa shape index (κ2) is 8.73. The van der Waals surface area contributed by atoms with Crippen LogP contribution in [0, 0.1) is 22.1 Å². The molecule has 0 saturated carbocycles. The summed E-state index contributed by atoms with van der Waals surface area (Å²) in [6.07, 6.45) is -0.255. The first-order chi connectivity index (χ1) is 13.7. The van der Waals surface area contributed by atoms with Crippen LogP contribution in [-0.2, 0) is 6.42 Å². The number of pyridine rings is 1. The van der Waals surface area contributed by atoms with Crippen LogP contribution in [0.5, 0.6) is 0 Å². The van der Waals surface area contributed by atoms with Gasteiger partial charge in [-0.3, -0.25) is 5.41 Å². The van der Waals surface area contributed by atoms with Crippen molar-refractivity contribution >= 4 is 34.1 Å². The largest absolute Gasteiger partial charge is 0.433 e. The molecule has 0 bridgehead atoms. The maximum Gasteiger partial charge on any atom is 0.433 e. The van der Waals surface area contributed by atoms with Gasteiger partial charge < -0.3 is 16.9 Å². The molecule has 0 spiro atoms. The Bertz CT molecular complexity index is 1030. The Kier molecular flexibility index (Phi) is 6.59. The molecule has 0 aliphatic carbocycles. The number of aromatic nitrogens is 1. The smallest absolute Gasteiger partial charge is 0.404 e. The highest BCUT2D eigenvalue weighted by Gasteiger charge is 2.38. The third-order valence-corrected chi connectivity index (χ3v) is 4.57. The summed E-state index contributed by atoms with van der Waals surface area (Å²) in [5.74, 6) is 0. The van der Waals surface area contributed by atoms with Crippen LogP contribution in [0.25, 0.3) is 16.5 Å². The fraction of sp³-hybridized carbons (Fsp3) is 0.300. The van der Waals surface area contributed by atoms with Crippen molar-refractivity contribution in [3.8, 4) is 6.07 Å². The van der Waals surface area contributed by atoms with Crippen LogP contribution in [0.1, 0.15) is 48.6 Å². The number of halogens is 3. The summed E-state index contributed by atoms with van der Waals surface area (Å²) in [6, 6.07) is 4.89. The van der Waals surface area contributed by atoms with Gasteiger partial charge in [0.25, 0.3) is 0 Å². The minimum absolute atomic E-state index is 0.0528. The zero-order valence-electron chi connectivity index (χ0n) is 15.8. The van der Waals surface area contributed by atoms with Crippen LogP contribution in [0.3, 0.4) is 0 Å². The van der Waals surface area contributed by atoms with E-state index in [0.717, 1.165) is 25.3 Å². The molecule has 0 unspecified atom stereocenters. The molecule has 9 heteroatoms. The van der Waals surface area contributed by atoms with Gasteiger partial charge in [0.15, 0.2) is 0 Å². The second-order valence-electron chi connectivity index (χ2n) is 6.48. The molecule has 6 nitrogen and oxygen atoms in total. The molecule has 0 aliphatic rings. The van der Waals surface area contributed by atoms with E-state index in [-0.39, 0.29) is 28.0 Å². The van der Waals surface area contributed by atoms with Gasteiger partial charge in [-0.2, -0.15) is 18.4 Å². The van der Waals surface area contributed by atoms with Gasteiger partial charge in [0.1, 0.15) is 11.8 Å². The van der Waals surface area contributed by atoms with E-state index in [1.54, 1.807) is 6.07 Å². The Morgan fingerprint density at radius 1 is 1.31 bits per heavy atom. The molecule has 2 aromatic rings. The Hall–Kier alpha value is -3.41. The zero-order valence-corrected chi connectivity index (χ0v) is 15.8. The number of aryl methyl sites for hydroxylation is 1. The minimum Gasteiger partial charge on any atom is -0.404 e. The number of rotatable bonds is 7. The van der Waals surface area contributed by atoms with E-state index in [2.05, 4.69) is 4.98 Å². The molecule has 1 aromatic carbocycles. The van der Waals surface area contributed by atoms with Crippen LogP contribution in [0.4, 0.5) is 18.9 Å². The van der Waals surface area contributed by atoms with Crippen molar-refractivity contribution < 1.29 is 13.2 Å². The van der Waals surface area contributed by atoms with E-state index < -0.39 is 17.5 Å². The predicted octanol–water partition coefficient (Wildman–Crippen LogP) is 4.30. The van der Waals surface area contributed by atoms with Crippen LogP contribution < -0.4 is 11.5 Å². The van der Waals surface area contributed by atoms with E-state index in [1.807, 2.05) is 13.0 Å². The fourth-order valence-electron chi connectivity index (χ4n) is 3.07. The molecule has 6 N–H and O–H groups in total. The van der Waals surface area contributed by atoms with Gasteiger partial charge >= 0.3 is 6.18 Å². The lowest BCUT2D eigenvalue weighted by Gasteiger charge is -2.17. The molecule has 152 valence electrons. The number of fused-ring (bicyclic) bond motifs is 1. The van der Waals surface area contributed by atoms with Gasteiger partial charge in [0, 0.05) is 28.9 Å². The average Bonchev–Trinajstić information content (AvgIpc) is 2.68. The number of nitrogen functional groups attached to an aromatic ring is 1. The quantitative estimate of drug-likeness (QED) is 0.312. The number of hydrogen-bond donors (Lipinski definition) is 4. The molecule has 1 heterocycles. The number of benzene rings is 1. The Morgan fingerprint density at radius 2 is 2.00 bits per heavy atom. The average molecular weight is 402 g/mol. The molecule has 0 radical (unpaired) electrons. The number of nitrogens with one attached hydrogen (secondary N) is 2. The van der Waals surface area contributed by atoms with Crippen molar-refractivity contribution in [1.82, 2.24) is 4.98 Å². The highest BCUT2D eigenvalue weighted by Crippen LogP contribution is 2.33.